The molecule has 0 bridgehead atoms. The molecule has 0 aliphatic carbocycles. The summed E-state index contributed by atoms with van der Waals surface area (Å²) in [5.74, 6) is 0. The third-order valence-electron chi connectivity index (χ3n) is 1.77. The van der Waals surface area contributed by atoms with E-state index in [1.807, 2.05) is 13.1 Å². The first-order valence-electron chi connectivity index (χ1n) is 4.16. The fraction of sp³-hybridized carbons (Fsp3) is 0.444. The Bertz CT molecular complexity index is 259. The summed E-state index contributed by atoms with van der Waals surface area (Å²) in [6, 6.07) is 1.96. The van der Waals surface area contributed by atoms with Crippen LogP contribution in [0.3, 0.4) is 0 Å². The van der Waals surface area contributed by atoms with Gasteiger partial charge in [-0.05, 0) is 13.1 Å². The zero-order valence-corrected chi connectivity index (χ0v) is 8.51. The Morgan fingerprint density at radius 3 is 3.00 bits per heavy atom. The van der Waals surface area contributed by atoms with Crippen molar-refractivity contribution in [3.63, 3.8) is 0 Å². The maximum atomic E-state index is 5.40. The van der Waals surface area contributed by atoms with Crippen LogP contribution in [-0.2, 0) is 6.54 Å². The molecular formula is C9H14N2OS. The average Bonchev–Trinajstić information content (AvgIpc) is 2.53. The maximum absolute atomic E-state index is 5.40. The maximum Gasteiger partial charge on any atom is 0.0947 e. The summed E-state index contributed by atoms with van der Waals surface area (Å²) in [6.45, 7) is 1.76. The fourth-order valence-electron chi connectivity index (χ4n) is 1.07. The molecule has 1 aromatic heterocycles. The largest absolute Gasteiger partial charge is 0.472 e. The van der Waals surface area contributed by atoms with Crippen molar-refractivity contribution in [1.82, 2.24) is 4.90 Å². The lowest BCUT2D eigenvalue weighted by Crippen LogP contribution is -2.23. The monoisotopic (exact) mass is 198 g/mol. The lowest BCUT2D eigenvalue weighted by atomic mass is 10.3. The molecule has 0 aromatic carbocycles. The van der Waals surface area contributed by atoms with Gasteiger partial charge in [-0.3, -0.25) is 0 Å². The molecule has 0 unspecified atom stereocenters. The number of nitrogens with two attached hydrogens (primary N) is 1. The molecule has 1 rings (SSSR count). The van der Waals surface area contributed by atoms with Crippen LogP contribution in [0.2, 0.25) is 0 Å². The average molecular weight is 198 g/mol. The lowest BCUT2D eigenvalue weighted by Gasteiger charge is -2.14. The first-order chi connectivity index (χ1) is 6.18. The van der Waals surface area contributed by atoms with E-state index in [1.54, 1.807) is 12.5 Å². The Kier molecular flexibility index (Phi) is 3.92. The summed E-state index contributed by atoms with van der Waals surface area (Å²) in [5.41, 5.74) is 6.57. The summed E-state index contributed by atoms with van der Waals surface area (Å²) < 4.78 is 4.96. The molecule has 0 amide bonds. The normalized spacial score (nSPS) is 10.6. The fourth-order valence-corrected chi connectivity index (χ4v) is 1.17. The molecule has 0 aliphatic rings. The Morgan fingerprint density at radius 1 is 1.69 bits per heavy atom. The van der Waals surface area contributed by atoms with Crippen LogP contribution in [-0.4, -0.2) is 23.5 Å². The molecule has 72 valence electrons. The number of rotatable bonds is 5. The Labute approximate surface area is 83.5 Å². The van der Waals surface area contributed by atoms with Gasteiger partial charge in [0, 0.05) is 25.1 Å². The highest BCUT2D eigenvalue weighted by molar-refractivity contribution is 7.80. The van der Waals surface area contributed by atoms with Crippen LogP contribution in [0.4, 0.5) is 0 Å². The Balaban J connectivity index is 2.25. The van der Waals surface area contributed by atoms with Crippen molar-refractivity contribution in [2.45, 2.75) is 13.0 Å². The molecule has 0 aliphatic heterocycles. The molecule has 4 heteroatoms. The first-order valence-corrected chi connectivity index (χ1v) is 4.57. The second-order valence-corrected chi connectivity index (χ2v) is 3.61. The van der Waals surface area contributed by atoms with Crippen molar-refractivity contribution in [3.05, 3.63) is 24.2 Å². The van der Waals surface area contributed by atoms with Gasteiger partial charge in [0.25, 0.3) is 0 Å². The van der Waals surface area contributed by atoms with Crippen LogP contribution in [0.5, 0.6) is 0 Å². The van der Waals surface area contributed by atoms with E-state index < -0.39 is 0 Å². The second-order valence-electron chi connectivity index (χ2n) is 3.09. The van der Waals surface area contributed by atoms with Crippen molar-refractivity contribution < 1.29 is 4.42 Å². The zero-order valence-electron chi connectivity index (χ0n) is 7.69. The highest BCUT2D eigenvalue weighted by Gasteiger charge is 2.01. The third-order valence-corrected chi connectivity index (χ3v) is 1.98. The van der Waals surface area contributed by atoms with Gasteiger partial charge in [0.1, 0.15) is 0 Å². The summed E-state index contributed by atoms with van der Waals surface area (Å²) in [7, 11) is 2.03. The first kappa shape index (κ1) is 10.2. The summed E-state index contributed by atoms with van der Waals surface area (Å²) in [5, 5.41) is 0. The van der Waals surface area contributed by atoms with Gasteiger partial charge in [-0.25, -0.2) is 0 Å². The Morgan fingerprint density at radius 2 is 2.46 bits per heavy atom. The predicted molar refractivity (Wildman–Crippen MR) is 56.4 cm³/mol. The van der Waals surface area contributed by atoms with E-state index in [2.05, 4.69) is 4.90 Å². The molecule has 13 heavy (non-hydrogen) atoms. The highest BCUT2D eigenvalue weighted by Crippen LogP contribution is 2.03. The van der Waals surface area contributed by atoms with E-state index >= 15 is 0 Å². The van der Waals surface area contributed by atoms with Crippen LogP contribution in [0.15, 0.2) is 23.0 Å². The molecule has 2 N–H and O–H groups in total. The van der Waals surface area contributed by atoms with Gasteiger partial charge >= 0.3 is 0 Å². The van der Waals surface area contributed by atoms with E-state index in [0.717, 1.165) is 19.5 Å². The van der Waals surface area contributed by atoms with Crippen molar-refractivity contribution in [2.75, 3.05) is 13.6 Å². The lowest BCUT2D eigenvalue weighted by molar-refractivity contribution is 0.336. The Hall–Kier alpha value is -0.870. The molecule has 3 nitrogen and oxygen atoms in total. The number of hydrogen-bond acceptors (Lipinski definition) is 3. The minimum atomic E-state index is 0.569. The van der Waals surface area contributed by atoms with Crippen LogP contribution in [0.1, 0.15) is 12.0 Å². The van der Waals surface area contributed by atoms with Crippen LogP contribution < -0.4 is 5.73 Å². The minimum Gasteiger partial charge on any atom is -0.472 e. The van der Waals surface area contributed by atoms with Gasteiger partial charge in [-0.1, -0.05) is 12.2 Å². The van der Waals surface area contributed by atoms with Gasteiger partial charge in [-0.2, -0.15) is 0 Å². The number of thiocarbonyl (C=S) groups is 1. The van der Waals surface area contributed by atoms with Crippen molar-refractivity contribution in [2.24, 2.45) is 5.73 Å². The van der Waals surface area contributed by atoms with Gasteiger partial charge in [0.2, 0.25) is 0 Å². The smallest absolute Gasteiger partial charge is 0.0947 e. The molecule has 0 atom stereocenters. The minimum absolute atomic E-state index is 0.569. The van der Waals surface area contributed by atoms with E-state index in [-0.39, 0.29) is 0 Å². The molecule has 0 fully saturated rings. The molecule has 0 saturated carbocycles. The van der Waals surface area contributed by atoms with Crippen LogP contribution >= 0.6 is 12.2 Å². The zero-order chi connectivity index (χ0) is 9.68. The molecule has 0 saturated heterocycles. The standard InChI is InChI=1S/C9H14N2OS/c1-11(4-2-9(10)13)6-8-3-5-12-7-8/h3,5,7H,2,4,6H2,1H3,(H2,10,13). The van der Waals surface area contributed by atoms with Gasteiger partial charge in [0.05, 0.1) is 17.5 Å². The summed E-state index contributed by atoms with van der Waals surface area (Å²) >= 11 is 4.79. The van der Waals surface area contributed by atoms with E-state index in [0.29, 0.717) is 4.99 Å². The van der Waals surface area contributed by atoms with Gasteiger partial charge < -0.3 is 15.1 Å². The molecule has 1 heterocycles. The van der Waals surface area contributed by atoms with E-state index in [4.69, 9.17) is 22.4 Å². The van der Waals surface area contributed by atoms with Crippen molar-refractivity contribution in [1.29, 1.82) is 0 Å². The quantitative estimate of drug-likeness (QED) is 0.726. The molecule has 0 spiro atoms. The van der Waals surface area contributed by atoms with E-state index in [9.17, 15) is 0 Å². The number of furan rings is 1. The number of hydrogen-bond donors (Lipinski definition) is 1. The predicted octanol–water partition coefficient (Wildman–Crippen LogP) is 1.39. The topological polar surface area (TPSA) is 42.4 Å². The molecular weight excluding hydrogens is 184 g/mol. The number of nitrogens with zero attached hydrogens (tertiary/aromatic N) is 1. The summed E-state index contributed by atoms with van der Waals surface area (Å²) in [6.07, 6.45) is 4.19. The highest BCUT2D eigenvalue weighted by atomic mass is 32.1. The third kappa shape index (κ3) is 4.05. The van der Waals surface area contributed by atoms with Crippen molar-refractivity contribution >= 4 is 17.2 Å². The SMILES string of the molecule is CN(CCC(N)=S)Cc1ccoc1. The van der Waals surface area contributed by atoms with Crippen LogP contribution in [0.25, 0.3) is 0 Å². The van der Waals surface area contributed by atoms with Gasteiger partial charge in [0.15, 0.2) is 0 Å². The summed E-state index contributed by atoms with van der Waals surface area (Å²) in [4.78, 5) is 2.73. The molecule has 1 aromatic rings. The van der Waals surface area contributed by atoms with Gasteiger partial charge in [-0.15, -0.1) is 0 Å². The van der Waals surface area contributed by atoms with Crippen LogP contribution in [0, 0.1) is 0 Å². The molecule has 0 radical (unpaired) electrons. The second kappa shape index (κ2) is 4.99. The van der Waals surface area contributed by atoms with Crippen molar-refractivity contribution in [3.8, 4) is 0 Å². The van der Waals surface area contributed by atoms with E-state index in [1.165, 1.54) is 5.56 Å².